The van der Waals surface area contributed by atoms with Gasteiger partial charge in [0.25, 0.3) is 5.91 Å². The molecular formula is C15H15N3O2. The number of carbonyl (C=O) groups is 1. The van der Waals surface area contributed by atoms with Gasteiger partial charge in [-0.3, -0.25) is 9.78 Å². The highest BCUT2D eigenvalue weighted by molar-refractivity contribution is 5.92. The molecule has 5 heteroatoms. The van der Waals surface area contributed by atoms with Gasteiger partial charge in [0.1, 0.15) is 18.1 Å². The number of hydrogen-bond donors (Lipinski definition) is 1. The zero-order valence-electron chi connectivity index (χ0n) is 11.2. The van der Waals surface area contributed by atoms with Crippen LogP contribution in [0.15, 0.2) is 36.7 Å². The minimum Gasteiger partial charge on any atom is -0.491 e. The van der Waals surface area contributed by atoms with Crippen molar-refractivity contribution in [1.82, 2.24) is 15.3 Å². The van der Waals surface area contributed by atoms with Crippen LogP contribution in [0.1, 0.15) is 21.7 Å². The summed E-state index contributed by atoms with van der Waals surface area (Å²) in [7, 11) is 0. The topological polar surface area (TPSA) is 64.1 Å². The number of ether oxygens (including phenoxy) is 1. The molecule has 1 aliphatic heterocycles. The molecule has 1 aromatic carbocycles. The number of nitrogens with zero attached hydrogens (tertiary/aromatic N) is 2. The van der Waals surface area contributed by atoms with Gasteiger partial charge in [0.15, 0.2) is 0 Å². The number of para-hydroxylation sites is 1. The van der Waals surface area contributed by atoms with Crippen LogP contribution in [-0.4, -0.2) is 28.5 Å². The number of amides is 1. The maximum atomic E-state index is 12.1. The van der Waals surface area contributed by atoms with Crippen molar-refractivity contribution in [1.29, 1.82) is 0 Å². The summed E-state index contributed by atoms with van der Waals surface area (Å²) < 4.78 is 5.64. The standard InChI is InChI=1S/C15H15N3O2/c1-10-7-17-13(8-16-10)15(19)18-12-6-11-4-2-3-5-14(11)20-9-12/h2-5,7-8,12H,6,9H2,1H3,(H,18,19)/t12-/m1/s1. The maximum Gasteiger partial charge on any atom is 0.271 e. The van der Waals surface area contributed by atoms with Crippen LogP contribution >= 0.6 is 0 Å². The zero-order chi connectivity index (χ0) is 13.9. The molecule has 0 saturated carbocycles. The first kappa shape index (κ1) is 12.6. The third kappa shape index (κ3) is 2.61. The Labute approximate surface area is 117 Å². The van der Waals surface area contributed by atoms with Gasteiger partial charge in [-0.1, -0.05) is 18.2 Å². The van der Waals surface area contributed by atoms with Crippen molar-refractivity contribution in [2.75, 3.05) is 6.61 Å². The fourth-order valence-electron chi connectivity index (χ4n) is 2.19. The van der Waals surface area contributed by atoms with E-state index < -0.39 is 0 Å². The summed E-state index contributed by atoms with van der Waals surface area (Å²) >= 11 is 0. The van der Waals surface area contributed by atoms with Crippen molar-refractivity contribution in [3.8, 4) is 5.75 Å². The third-order valence-electron chi connectivity index (χ3n) is 3.23. The predicted molar refractivity (Wildman–Crippen MR) is 73.7 cm³/mol. The minimum absolute atomic E-state index is 0.0412. The highest BCUT2D eigenvalue weighted by atomic mass is 16.5. The zero-order valence-corrected chi connectivity index (χ0v) is 11.2. The first-order valence-electron chi connectivity index (χ1n) is 6.52. The number of benzene rings is 1. The van der Waals surface area contributed by atoms with Crippen molar-refractivity contribution in [2.24, 2.45) is 0 Å². The largest absolute Gasteiger partial charge is 0.491 e. The number of nitrogens with one attached hydrogen (secondary N) is 1. The molecule has 0 fully saturated rings. The van der Waals surface area contributed by atoms with Gasteiger partial charge in [0.05, 0.1) is 17.9 Å². The number of hydrogen-bond acceptors (Lipinski definition) is 4. The number of carbonyl (C=O) groups excluding carboxylic acids is 1. The molecule has 5 nitrogen and oxygen atoms in total. The van der Waals surface area contributed by atoms with E-state index in [2.05, 4.69) is 15.3 Å². The first-order chi connectivity index (χ1) is 9.72. The van der Waals surface area contributed by atoms with Crippen molar-refractivity contribution in [3.05, 3.63) is 53.6 Å². The van der Waals surface area contributed by atoms with Crippen LogP contribution in [-0.2, 0) is 6.42 Å². The Morgan fingerprint density at radius 2 is 2.15 bits per heavy atom. The second-order valence-electron chi connectivity index (χ2n) is 4.84. The Balaban J connectivity index is 1.67. The van der Waals surface area contributed by atoms with E-state index in [4.69, 9.17) is 4.74 Å². The molecule has 0 saturated heterocycles. The summed E-state index contributed by atoms with van der Waals surface area (Å²) in [6.45, 7) is 2.31. The van der Waals surface area contributed by atoms with E-state index in [1.54, 1.807) is 6.20 Å². The lowest BCUT2D eigenvalue weighted by Gasteiger charge is -2.25. The molecule has 1 amide bonds. The van der Waals surface area contributed by atoms with Gasteiger partial charge in [0, 0.05) is 6.20 Å². The number of aryl methyl sites for hydroxylation is 1. The Morgan fingerprint density at radius 1 is 1.30 bits per heavy atom. The Bertz CT molecular complexity index is 625. The van der Waals surface area contributed by atoms with Crippen LogP contribution < -0.4 is 10.1 Å². The molecule has 0 bridgehead atoms. The summed E-state index contributed by atoms with van der Waals surface area (Å²) in [6.07, 6.45) is 3.84. The summed E-state index contributed by atoms with van der Waals surface area (Å²) in [5, 5.41) is 2.93. The predicted octanol–water partition coefficient (Wildman–Crippen LogP) is 1.52. The third-order valence-corrected chi connectivity index (χ3v) is 3.23. The normalized spacial score (nSPS) is 16.9. The fraction of sp³-hybridized carbons (Fsp3) is 0.267. The van der Waals surface area contributed by atoms with Crippen molar-refractivity contribution < 1.29 is 9.53 Å². The molecule has 2 aromatic rings. The molecule has 1 aromatic heterocycles. The molecule has 2 heterocycles. The molecule has 1 aliphatic rings. The first-order valence-corrected chi connectivity index (χ1v) is 6.52. The Morgan fingerprint density at radius 3 is 2.95 bits per heavy atom. The molecule has 0 radical (unpaired) electrons. The molecule has 1 atom stereocenters. The van der Waals surface area contributed by atoms with E-state index in [0.717, 1.165) is 23.4 Å². The van der Waals surface area contributed by atoms with Gasteiger partial charge >= 0.3 is 0 Å². The van der Waals surface area contributed by atoms with E-state index in [1.807, 2.05) is 31.2 Å². The van der Waals surface area contributed by atoms with Gasteiger partial charge in [-0.2, -0.15) is 0 Å². The molecule has 0 unspecified atom stereocenters. The average Bonchev–Trinajstić information content (AvgIpc) is 2.48. The van der Waals surface area contributed by atoms with Crippen LogP contribution in [0.25, 0.3) is 0 Å². The van der Waals surface area contributed by atoms with Crippen LogP contribution in [0.2, 0.25) is 0 Å². The lowest BCUT2D eigenvalue weighted by atomic mass is 10.0. The Hall–Kier alpha value is -2.43. The minimum atomic E-state index is -0.217. The second-order valence-corrected chi connectivity index (χ2v) is 4.84. The number of aromatic nitrogens is 2. The molecule has 102 valence electrons. The average molecular weight is 269 g/mol. The van der Waals surface area contributed by atoms with Crippen LogP contribution in [0.5, 0.6) is 5.75 Å². The molecule has 20 heavy (non-hydrogen) atoms. The molecular weight excluding hydrogens is 254 g/mol. The van der Waals surface area contributed by atoms with Crippen molar-refractivity contribution >= 4 is 5.91 Å². The SMILES string of the molecule is Cc1cnc(C(=O)N[C@H]2COc3ccccc3C2)cn1. The van der Waals surface area contributed by atoms with E-state index in [0.29, 0.717) is 12.3 Å². The van der Waals surface area contributed by atoms with Crippen LogP contribution in [0.4, 0.5) is 0 Å². The highest BCUT2D eigenvalue weighted by Gasteiger charge is 2.21. The molecule has 3 rings (SSSR count). The molecule has 1 N–H and O–H groups in total. The summed E-state index contributed by atoms with van der Waals surface area (Å²) in [4.78, 5) is 20.2. The fourth-order valence-corrected chi connectivity index (χ4v) is 2.19. The van der Waals surface area contributed by atoms with Crippen molar-refractivity contribution in [2.45, 2.75) is 19.4 Å². The number of rotatable bonds is 2. The van der Waals surface area contributed by atoms with Gasteiger partial charge in [-0.05, 0) is 25.0 Å². The second kappa shape index (κ2) is 5.28. The molecule has 0 aliphatic carbocycles. The maximum absolute atomic E-state index is 12.1. The van der Waals surface area contributed by atoms with Gasteiger partial charge in [-0.25, -0.2) is 4.98 Å². The van der Waals surface area contributed by atoms with Crippen LogP contribution in [0.3, 0.4) is 0 Å². The van der Waals surface area contributed by atoms with E-state index in [-0.39, 0.29) is 11.9 Å². The lowest BCUT2D eigenvalue weighted by molar-refractivity contribution is 0.0910. The van der Waals surface area contributed by atoms with Crippen molar-refractivity contribution in [3.63, 3.8) is 0 Å². The Kier molecular flexibility index (Phi) is 3.33. The molecule has 0 spiro atoms. The smallest absolute Gasteiger partial charge is 0.271 e. The summed E-state index contributed by atoms with van der Waals surface area (Å²) in [6, 6.07) is 7.83. The summed E-state index contributed by atoms with van der Waals surface area (Å²) in [5.74, 6) is 0.679. The van der Waals surface area contributed by atoms with Gasteiger partial charge in [0.2, 0.25) is 0 Å². The monoisotopic (exact) mass is 269 g/mol. The van der Waals surface area contributed by atoms with Gasteiger partial charge < -0.3 is 10.1 Å². The van der Waals surface area contributed by atoms with Gasteiger partial charge in [-0.15, -0.1) is 0 Å². The highest BCUT2D eigenvalue weighted by Crippen LogP contribution is 2.23. The lowest BCUT2D eigenvalue weighted by Crippen LogP contribution is -2.43. The van der Waals surface area contributed by atoms with E-state index in [1.165, 1.54) is 6.20 Å². The van der Waals surface area contributed by atoms with E-state index >= 15 is 0 Å². The van der Waals surface area contributed by atoms with E-state index in [9.17, 15) is 4.79 Å². The summed E-state index contributed by atoms with van der Waals surface area (Å²) in [5.41, 5.74) is 2.23. The quantitative estimate of drug-likeness (QED) is 0.897. The van der Waals surface area contributed by atoms with Crippen LogP contribution in [0, 0.1) is 6.92 Å². The number of fused-ring (bicyclic) bond motifs is 1.